The van der Waals surface area contributed by atoms with Gasteiger partial charge in [-0.15, -0.1) is 23.7 Å². The summed E-state index contributed by atoms with van der Waals surface area (Å²) in [7, 11) is 0. The minimum Gasteiger partial charge on any atom is -0.326 e. The summed E-state index contributed by atoms with van der Waals surface area (Å²) >= 11 is 1.60. The van der Waals surface area contributed by atoms with Crippen molar-refractivity contribution in [2.24, 2.45) is 0 Å². The van der Waals surface area contributed by atoms with Crippen LogP contribution in [0.3, 0.4) is 0 Å². The van der Waals surface area contributed by atoms with E-state index in [1.54, 1.807) is 11.3 Å². The maximum Gasteiger partial charge on any atom is 0.197 e. The van der Waals surface area contributed by atoms with Gasteiger partial charge in [-0.1, -0.05) is 36.4 Å². The molecule has 0 bridgehead atoms. The van der Waals surface area contributed by atoms with Crippen molar-refractivity contribution in [2.75, 3.05) is 10.6 Å². The van der Waals surface area contributed by atoms with E-state index in [9.17, 15) is 0 Å². The minimum absolute atomic E-state index is 0. The molecule has 0 radical (unpaired) electrons. The van der Waals surface area contributed by atoms with Crippen LogP contribution >= 0.6 is 23.7 Å². The van der Waals surface area contributed by atoms with Crippen LogP contribution in [0, 0.1) is 5.41 Å². The molecule has 6 heteroatoms. The van der Waals surface area contributed by atoms with Crippen molar-refractivity contribution in [2.45, 2.75) is 0 Å². The Morgan fingerprint density at radius 3 is 2.69 bits per heavy atom. The first-order valence-corrected chi connectivity index (χ1v) is 8.85. The highest BCUT2D eigenvalue weighted by Gasteiger charge is 2.12. The number of rotatable bonds is 2. The van der Waals surface area contributed by atoms with E-state index in [0.717, 1.165) is 27.0 Å². The van der Waals surface area contributed by atoms with Crippen molar-refractivity contribution < 1.29 is 0 Å². The van der Waals surface area contributed by atoms with Crippen molar-refractivity contribution in [3.05, 3.63) is 65.2 Å². The molecule has 3 aromatic carbocycles. The quantitative estimate of drug-likeness (QED) is 0.268. The largest absolute Gasteiger partial charge is 0.326 e. The van der Waals surface area contributed by atoms with Crippen LogP contribution in [0.1, 0.15) is 11.1 Å². The lowest BCUT2D eigenvalue weighted by molar-refractivity contribution is 1.44. The molecule has 26 heavy (non-hydrogen) atoms. The Morgan fingerprint density at radius 1 is 0.962 bits per heavy atom. The van der Waals surface area contributed by atoms with E-state index in [4.69, 9.17) is 5.41 Å². The number of hydrogen-bond acceptors (Lipinski definition) is 3. The number of guanidine groups is 1. The van der Waals surface area contributed by atoms with Crippen LogP contribution in [0.4, 0.5) is 11.4 Å². The summed E-state index contributed by atoms with van der Waals surface area (Å²) in [5.41, 5.74) is 7.08. The van der Waals surface area contributed by atoms with Crippen LogP contribution in [0.25, 0.3) is 33.1 Å². The Balaban J connectivity index is 0.00000168. The molecule has 1 aliphatic carbocycles. The molecule has 0 fully saturated rings. The van der Waals surface area contributed by atoms with Gasteiger partial charge in [-0.2, -0.15) is 0 Å². The highest BCUT2D eigenvalue weighted by molar-refractivity contribution is 7.16. The van der Waals surface area contributed by atoms with Gasteiger partial charge in [-0.05, 0) is 40.8 Å². The van der Waals surface area contributed by atoms with Gasteiger partial charge in [0.1, 0.15) is 0 Å². The van der Waals surface area contributed by atoms with E-state index in [-0.39, 0.29) is 18.4 Å². The molecular weight excluding hydrogens is 364 g/mol. The normalized spacial score (nSPS) is 11.5. The number of benzene rings is 3. The molecule has 4 aromatic rings. The van der Waals surface area contributed by atoms with Gasteiger partial charge in [0.2, 0.25) is 0 Å². The van der Waals surface area contributed by atoms with Gasteiger partial charge in [-0.25, -0.2) is 4.98 Å². The minimum atomic E-state index is 0. The lowest BCUT2D eigenvalue weighted by atomic mass is 10.0. The molecule has 3 N–H and O–H groups in total. The molecular formula is C20H15ClN4S. The molecule has 0 spiro atoms. The maximum atomic E-state index is 8.28. The van der Waals surface area contributed by atoms with Crippen LogP contribution in [0.2, 0.25) is 0 Å². The first kappa shape index (κ1) is 16.6. The zero-order valence-electron chi connectivity index (χ0n) is 13.6. The third-order valence-corrected chi connectivity index (χ3v) is 5.20. The highest BCUT2D eigenvalue weighted by atomic mass is 35.5. The van der Waals surface area contributed by atoms with E-state index in [1.165, 1.54) is 16.5 Å². The fourth-order valence-corrected chi connectivity index (χ4v) is 3.99. The average Bonchev–Trinajstić information content (AvgIpc) is 3.25. The van der Waals surface area contributed by atoms with E-state index in [0.29, 0.717) is 0 Å². The topological polar surface area (TPSA) is 60.8 Å². The summed E-state index contributed by atoms with van der Waals surface area (Å²) in [6.07, 6.45) is 4.27. The smallest absolute Gasteiger partial charge is 0.197 e. The molecule has 1 heterocycles. The fourth-order valence-electron chi connectivity index (χ4n) is 3.27. The van der Waals surface area contributed by atoms with E-state index in [1.807, 2.05) is 29.8 Å². The molecule has 128 valence electrons. The SMILES string of the molecule is Cl.N=C(Nc1ccc2ncsc2c1)Nc1ccc2c3c(cccc13)C=C2. The monoisotopic (exact) mass is 378 g/mol. The molecule has 0 amide bonds. The van der Waals surface area contributed by atoms with Crippen molar-refractivity contribution in [3.63, 3.8) is 0 Å². The summed E-state index contributed by atoms with van der Waals surface area (Å²) in [5, 5.41) is 17.0. The molecule has 0 saturated heterocycles. The first-order valence-electron chi connectivity index (χ1n) is 7.98. The summed E-state index contributed by atoms with van der Waals surface area (Å²) in [4.78, 5) is 4.28. The Kier molecular flexibility index (Phi) is 4.11. The number of nitrogens with zero attached hydrogens (tertiary/aromatic N) is 1. The van der Waals surface area contributed by atoms with Crippen LogP contribution in [0.5, 0.6) is 0 Å². The molecule has 1 aliphatic rings. The third kappa shape index (κ3) is 2.71. The highest BCUT2D eigenvalue weighted by Crippen LogP contribution is 2.35. The second kappa shape index (κ2) is 6.44. The number of anilines is 2. The Morgan fingerprint density at radius 2 is 1.81 bits per heavy atom. The fraction of sp³-hybridized carbons (Fsp3) is 0. The standard InChI is InChI=1S/C20H14N4S.ClH/c21-20(23-14-7-9-17-18(10-14)25-11-22-17)24-16-8-6-13-5-4-12-2-1-3-15(16)19(12)13;/h1-11H,(H3,21,23,24);1H. The number of fused-ring (bicyclic) bond motifs is 1. The summed E-state index contributed by atoms with van der Waals surface area (Å²) in [6, 6.07) is 16.3. The van der Waals surface area contributed by atoms with Crippen LogP contribution in [-0.2, 0) is 0 Å². The van der Waals surface area contributed by atoms with Gasteiger partial charge in [0, 0.05) is 16.8 Å². The van der Waals surface area contributed by atoms with E-state index < -0.39 is 0 Å². The molecule has 0 unspecified atom stereocenters. The molecule has 0 aliphatic heterocycles. The predicted molar refractivity (Wildman–Crippen MR) is 115 cm³/mol. The van der Waals surface area contributed by atoms with E-state index in [2.05, 4.69) is 52.0 Å². The summed E-state index contributed by atoms with van der Waals surface area (Å²) < 4.78 is 1.11. The average molecular weight is 379 g/mol. The van der Waals surface area contributed by atoms with Gasteiger partial charge in [-0.3, -0.25) is 5.41 Å². The van der Waals surface area contributed by atoms with Crippen molar-refractivity contribution in [3.8, 4) is 0 Å². The number of hydrogen-bond donors (Lipinski definition) is 3. The lowest BCUT2D eigenvalue weighted by Crippen LogP contribution is -2.20. The predicted octanol–water partition coefficient (Wildman–Crippen LogP) is 5.81. The number of thiazole rings is 1. The Labute approximate surface area is 160 Å². The van der Waals surface area contributed by atoms with Gasteiger partial charge < -0.3 is 10.6 Å². The molecule has 4 nitrogen and oxygen atoms in total. The second-order valence-corrected chi connectivity index (χ2v) is 6.85. The lowest BCUT2D eigenvalue weighted by Gasteiger charge is -2.13. The molecule has 5 rings (SSSR count). The number of aromatic nitrogens is 1. The Hall–Kier alpha value is -2.89. The first-order chi connectivity index (χ1) is 12.3. The zero-order chi connectivity index (χ0) is 16.8. The van der Waals surface area contributed by atoms with Crippen LogP contribution in [0.15, 0.2) is 54.0 Å². The van der Waals surface area contributed by atoms with Crippen LogP contribution in [-0.4, -0.2) is 10.9 Å². The van der Waals surface area contributed by atoms with E-state index >= 15 is 0 Å². The molecule has 1 aromatic heterocycles. The second-order valence-electron chi connectivity index (χ2n) is 5.97. The summed E-state index contributed by atoms with van der Waals surface area (Å²) in [5.74, 6) is 0.246. The number of halogens is 1. The van der Waals surface area contributed by atoms with Crippen molar-refractivity contribution in [1.82, 2.24) is 4.98 Å². The Bertz CT molecular complexity index is 1170. The zero-order valence-corrected chi connectivity index (χ0v) is 15.2. The number of nitrogens with one attached hydrogen (secondary N) is 3. The third-order valence-electron chi connectivity index (χ3n) is 4.41. The summed E-state index contributed by atoms with van der Waals surface area (Å²) in [6.45, 7) is 0. The van der Waals surface area contributed by atoms with Gasteiger partial charge >= 0.3 is 0 Å². The van der Waals surface area contributed by atoms with Gasteiger partial charge in [0.05, 0.1) is 15.7 Å². The van der Waals surface area contributed by atoms with Crippen molar-refractivity contribution in [1.29, 1.82) is 5.41 Å². The molecule has 0 saturated carbocycles. The van der Waals surface area contributed by atoms with Gasteiger partial charge in [0.15, 0.2) is 5.96 Å². The maximum absolute atomic E-state index is 8.28. The van der Waals surface area contributed by atoms with Gasteiger partial charge in [0.25, 0.3) is 0 Å². The van der Waals surface area contributed by atoms with Crippen molar-refractivity contribution >= 4 is 74.2 Å². The van der Waals surface area contributed by atoms with Crippen LogP contribution < -0.4 is 10.6 Å². The molecule has 0 atom stereocenters.